The van der Waals surface area contributed by atoms with Crippen LogP contribution >= 0.6 is 23.2 Å². The molecule has 0 heterocycles. The van der Waals surface area contributed by atoms with Crippen molar-refractivity contribution >= 4 is 29.5 Å². The summed E-state index contributed by atoms with van der Waals surface area (Å²) in [7, 11) is 0. The van der Waals surface area contributed by atoms with E-state index in [1.165, 1.54) is 18.2 Å². The number of ether oxygens (including phenoxy) is 1. The monoisotopic (exact) mass is 298 g/mol. The van der Waals surface area contributed by atoms with Crippen molar-refractivity contribution in [2.75, 3.05) is 0 Å². The molecule has 0 aromatic heterocycles. The minimum absolute atomic E-state index is 0.0190. The second kappa shape index (κ2) is 6.04. The van der Waals surface area contributed by atoms with Crippen LogP contribution in [0.5, 0.6) is 5.75 Å². The van der Waals surface area contributed by atoms with Gasteiger partial charge in [0, 0.05) is 10.6 Å². The summed E-state index contributed by atoms with van der Waals surface area (Å²) in [5, 5.41) is 0.552. The summed E-state index contributed by atoms with van der Waals surface area (Å²) in [6, 6.07) is 9.13. The van der Waals surface area contributed by atoms with Gasteiger partial charge in [0.1, 0.15) is 18.2 Å². The molecule has 0 aliphatic carbocycles. The number of carbonyl (C=O) groups excluding carboxylic acids is 1. The molecule has 0 N–H and O–H groups in total. The van der Waals surface area contributed by atoms with E-state index in [-0.39, 0.29) is 28.8 Å². The van der Waals surface area contributed by atoms with Crippen molar-refractivity contribution < 1.29 is 13.9 Å². The van der Waals surface area contributed by atoms with Gasteiger partial charge in [0.2, 0.25) is 0 Å². The third-order valence-corrected chi connectivity index (χ3v) is 2.99. The number of carbonyl (C=O) groups is 1. The van der Waals surface area contributed by atoms with E-state index >= 15 is 0 Å². The van der Waals surface area contributed by atoms with Gasteiger partial charge in [-0.1, -0.05) is 41.4 Å². The van der Waals surface area contributed by atoms with E-state index in [9.17, 15) is 9.18 Å². The predicted molar refractivity (Wildman–Crippen MR) is 72.6 cm³/mol. The summed E-state index contributed by atoms with van der Waals surface area (Å²) >= 11 is 11.7. The van der Waals surface area contributed by atoms with Crippen LogP contribution in [-0.4, -0.2) is 6.29 Å². The Kier molecular flexibility index (Phi) is 4.40. The number of halogens is 3. The van der Waals surface area contributed by atoms with Crippen LogP contribution in [0, 0.1) is 5.82 Å². The van der Waals surface area contributed by atoms with Gasteiger partial charge in [-0.3, -0.25) is 4.79 Å². The molecule has 2 nitrogen and oxygen atoms in total. The van der Waals surface area contributed by atoms with Crippen molar-refractivity contribution in [3.05, 3.63) is 63.4 Å². The Labute approximate surface area is 119 Å². The number of rotatable bonds is 4. The van der Waals surface area contributed by atoms with Gasteiger partial charge in [-0.2, -0.15) is 0 Å². The Morgan fingerprint density at radius 3 is 2.63 bits per heavy atom. The van der Waals surface area contributed by atoms with Gasteiger partial charge in [0.05, 0.1) is 10.6 Å². The Balaban J connectivity index is 2.25. The fourth-order valence-corrected chi connectivity index (χ4v) is 2.15. The molecule has 2 rings (SSSR count). The predicted octanol–water partition coefficient (Wildman–Crippen LogP) is 4.52. The van der Waals surface area contributed by atoms with Crippen molar-refractivity contribution in [3.8, 4) is 5.75 Å². The maximum absolute atomic E-state index is 13.4. The first-order valence-electron chi connectivity index (χ1n) is 5.42. The Morgan fingerprint density at radius 1 is 1.21 bits per heavy atom. The minimum atomic E-state index is -0.375. The quantitative estimate of drug-likeness (QED) is 0.776. The summed E-state index contributed by atoms with van der Waals surface area (Å²) in [5.74, 6) is -0.176. The van der Waals surface area contributed by atoms with Gasteiger partial charge in [-0.25, -0.2) is 4.39 Å². The molecule has 0 aliphatic rings. The molecule has 0 saturated heterocycles. The molecule has 0 spiro atoms. The zero-order valence-electron chi connectivity index (χ0n) is 9.70. The molecule has 2 aromatic carbocycles. The van der Waals surface area contributed by atoms with Crippen LogP contribution in [0.3, 0.4) is 0 Å². The molecule has 0 aliphatic heterocycles. The minimum Gasteiger partial charge on any atom is -0.486 e. The molecule has 5 heteroatoms. The highest BCUT2D eigenvalue weighted by atomic mass is 35.5. The van der Waals surface area contributed by atoms with E-state index in [2.05, 4.69) is 0 Å². The van der Waals surface area contributed by atoms with Gasteiger partial charge in [0.25, 0.3) is 0 Å². The van der Waals surface area contributed by atoms with Crippen LogP contribution in [0.4, 0.5) is 4.39 Å². The maximum Gasteiger partial charge on any atom is 0.153 e. The molecule has 19 heavy (non-hydrogen) atoms. The number of aldehydes is 1. The average molecular weight is 299 g/mol. The molecule has 2 aromatic rings. The van der Waals surface area contributed by atoms with Gasteiger partial charge in [-0.15, -0.1) is 0 Å². The second-order valence-electron chi connectivity index (χ2n) is 3.80. The fourth-order valence-electron chi connectivity index (χ4n) is 1.59. The molecule has 98 valence electrons. The van der Waals surface area contributed by atoms with E-state index in [1.54, 1.807) is 18.2 Å². The van der Waals surface area contributed by atoms with Crippen LogP contribution in [-0.2, 0) is 6.61 Å². The largest absolute Gasteiger partial charge is 0.486 e. The van der Waals surface area contributed by atoms with Crippen molar-refractivity contribution in [2.45, 2.75) is 6.61 Å². The summed E-state index contributed by atoms with van der Waals surface area (Å²) in [4.78, 5) is 10.9. The highest BCUT2D eigenvalue weighted by Crippen LogP contribution is 2.32. The first-order chi connectivity index (χ1) is 9.11. The Hall–Kier alpha value is -1.58. The molecule has 0 saturated carbocycles. The van der Waals surface area contributed by atoms with E-state index < -0.39 is 0 Å². The summed E-state index contributed by atoms with van der Waals surface area (Å²) in [6.07, 6.45) is 0.592. The lowest BCUT2D eigenvalue weighted by atomic mass is 10.2. The average Bonchev–Trinajstić information content (AvgIpc) is 2.38. The van der Waals surface area contributed by atoms with Crippen LogP contribution in [0.1, 0.15) is 15.9 Å². The molecule has 0 fully saturated rings. The van der Waals surface area contributed by atoms with E-state index in [1.807, 2.05) is 0 Å². The number of hydrogen-bond donors (Lipinski definition) is 0. The van der Waals surface area contributed by atoms with Crippen LogP contribution < -0.4 is 4.74 Å². The van der Waals surface area contributed by atoms with Crippen molar-refractivity contribution in [1.82, 2.24) is 0 Å². The van der Waals surface area contributed by atoms with Crippen molar-refractivity contribution in [3.63, 3.8) is 0 Å². The maximum atomic E-state index is 13.4. The normalized spacial score (nSPS) is 10.3. The summed E-state index contributed by atoms with van der Waals surface area (Å²) in [5.41, 5.74) is 0.610. The molecule has 0 bridgehead atoms. The summed E-state index contributed by atoms with van der Waals surface area (Å²) in [6.45, 7) is -0.0190. The number of benzene rings is 2. The fraction of sp³-hybridized carbons (Fsp3) is 0.0714. The smallest absolute Gasteiger partial charge is 0.153 e. The van der Waals surface area contributed by atoms with Gasteiger partial charge in [0.15, 0.2) is 6.29 Å². The first kappa shape index (κ1) is 13.8. The van der Waals surface area contributed by atoms with Crippen molar-refractivity contribution in [2.24, 2.45) is 0 Å². The lowest BCUT2D eigenvalue weighted by Gasteiger charge is -2.11. The lowest BCUT2D eigenvalue weighted by Crippen LogP contribution is -2.01. The second-order valence-corrected chi connectivity index (χ2v) is 4.65. The molecular formula is C14H9Cl2FO2. The van der Waals surface area contributed by atoms with Gasteiger partial charge in [-0.05, 0) is 18.2 Å². The molecule has 0 amide bonds. The van der Waals surface area contributed by atoms with E-state index in [0.717, 1.165) is 0 Å². The molecule has 0 radical (unpaired) electrons. The highest BCUT2D eigenvalue weighted by Gasteiger charge is 2.11. The van der Waals surface area contributed by atoms with E-state index in [4.69, 9.17) is 27.9 Å². The molecule has 0 unspecified atom stereocenters. The molecule has 0 atom stereocenters. The first-order valence-corrected chi connectivity index (χ1v) is 6.18. The third kappa shape index (κ3) is 3.25. The SMILES string of the molecule is O=Cc1cc(Cl)cc(Cl)c1OCc1ccccc1F. The standard InChI is InChI=1S/C14H9Cl2FO2/c15-11-5-10(7-18)14(12(16)6-11)19-8-9-3-1-2-4-13(9)17/h1-7H,8H2. The highest BCUT2D eigenvalue weighted by molar-refractivity contribution is 6.36. The molecular weight excluding hydrogens is 290 g/mol. The topological polar surface area (TPSA) is 26.3 Å². The Bertz CT molecular complexity index is 614. The lowest BCUT2D eigenvalue weighted by molar-refractivity contribution is 0.111. The zero-order valence-corrected chi connectivity index (χ0v) is 11.2. The van der Waals surface area contributed by atoms with Gasteiger partial charge >= 0.3 is 0 Å². The van der Waals surface area contributed by atoms with Crippen molar-refractivity contribution in [1.29, 1.82) is 0 Å². The Morgan fingerprint density at radius 2 is 1.95 bits per heavy atom. The van der Waals surface area contributed by atoms with Gasteiger partial charge < -0.3 is 4.74 Å². The number of hydrogen-bond acceptors (Lipinski definition) is 2. The van der Waals surface area contributed by atoms with Crippen LogP contribution in [0.2, 0.25) is 10.0 Å². The third-order valence-electron chi connectivity index (χ3n) is 2.49. The van der Waals surface area contributed by atoms with Crippen LogP contribution in [0.25, 0.3) is 0 Å². The van der Waals surface area contributed by atoms with E-state index in [0.29, 0.717) is 16.9 Å². The summed E-state index contributed by atoms with van der Waals surface area (Å²) < 4.78 is 18.9. The zero-order chi connectivity index (χ0) is 13.8. The van der Waals surface area contributed by atoms with Crippen LogP contribution in [0.15, 0.2) is 36.4 Å².